The van der Waals surface area contributed by atoms with Crippen LogP contribution >= 0.6 is 0 Å². The van der Waals surface area contributed by atoms with Gasteiger partial charge in [0.1, 0.15) is 11.4 Å². The number of halogens is 2. The van der Waals surface area contributed by atoms with Gasteiger partial charge in [-0.25, -0.2) is 4.39 Å². The first-order valence-electron chi connectivity index (χ1n) is 5.91. The molecule has 1 aromatic heterocycles. The van der Waals surface area contributed by atoms with Crippen molar-refractivity contribution in [3.05, 3.63) is 63.0 Å². The maximum atomic E-state index is 13.9. The van der Waals surface area contributed by atoms with Gasteiger partial charge in [-0.15, -0.1) is 0 Å². The summed E-state index contributed by atoms with van der Waals surface area (Å²) in [6.45, 7) is 3.38. The third-order valence-electron chi connectivity index (χ3n) is 2.98. The van der Waals surface area contributed by atoms with E-state index < -0.39 is 33.7 Å². The number of aryl methyl sites for hydroxylation is 2. The van der Waals surface area contributed by atoms with E-state index in [0.717, 1.165) is 0 Å². The summed E-state index contributed by atoms with van der Waals surface area (Å²) in [7, 11) is 0. The van der Waals surface area contributed by atoms with Gasteiger partial charge in [-0.1, -0.05) is 0 Å². The Kier molecular flexibility index (Phi) is 3.70. The van der Waals surface area contributed by atoms with Crippen LogP contribution in [0.5, 0.6) is 0 Å². The smallest absolute Gasteiger partial charge is 0.267 e. The zero-order valence-electron chi connectivity index (χ0n) is 11.2. The van der Waals surface area contributed by atoms with Crippen molar-refractivity contribution in [3.8, 4) is 0 Å². The normalized spacial score (nSPS) is 10.5. The number of nitrogens with zero attached hydrogens (tertiary/aromatic N) is 2. The van der Waals surface area contributed by atoms with Crippen LogP contribution in [0.3, 0.4) is 0 Å². The number of carbonyl (C=O) groups is 1. The fourth-order valence-corrected chi connectivity index (χ4v) is 1.89. The Labute approximate surface area is 118 Å². The van der Waals surface area contributed by atoms with Crippen molar-refractivity contribution in [3.63, 3.8) is 0 Å². The van der Waals surface area contributed by atoms with Gasteiger partial charge in [0.15, 0.2) is 0 Å². The molecule has 0 saturated heterocycles. The van der Waals surface area contributed by atoms with E-state index in [1.165, 1.54) is 4.68 Å². The summed E-state index contributed by atoms with van der Waals surface area (Å²) >= 11 is 0. The highest BCUT2D eigenvalue weighted by molar-refractivity contribution is 6.01. The maximum Gasteiger partial charge on any atom is 0.305 e. The highest BCUT2D eigenvalue weighted by Gasteiger charge is 2.26. The lowest BCUT2D eigenvalue weighted by molar-refractivity contribution is -0.387. The third kappa shape index (κ3) is 2.60. The summed E-state index contributed by atoms with van der Waals surface area (Å²) in [6, 6.07) is 4.77. The monoisotopic (exact) mass is 295 g/mol. The molecule has 8 heteroatoms. The first kappa shape index (κ1) is 14.6. The van der Waals surface area contributed by atoms with Gasteiger partial charge in [0.2, 0.25) is 5.82 Å². The Bertz CT molecular complexity index is 721. The molecule has 21 heavy (non-hydrogen) atoms. The number of rotatable bonds is 3. The number of amides is 1. The van der Waals surface area contributed by atoms with Crippen molar-refractivity contribution in [1.82, 2.24) is 4.68 Å². The molecule has 0 spiro atoms. The fraction of sp³-hybridized carbons (Fsp3) is 0.154. The Morgan fingerprint density at radius 2 is 1.76 bits per heavy atom. The van der Waals surface area contributed by atoms with Gasteiger partial charge in [0, 0.05) is 17.5 Å². The van der Waals surface area contributed by atoms with Crippen LogP contribution < -0.4 is 5.43 Å². The van der Waals surface area contributed by atoms with Crippen LogP contribution in [0.15, 0.2) is 24.3 Å². The van der Waals surface area contributed by atoms with Gasteiger partial charge in [-0.05, 0) is 32.0 Å². The van der Waals surface area contributed by atoms with Crippen LogP contribution in [-0.2, 0) is 0 Å². The van der Waals surface area contributed by atoms with Crippen LogP contribution in [0.25, 0.3) is 0 Å². The number of nitrogens with one attached hydrogen (secondary N) is 1. The number of benzene rings is 1. The lowest BCUT2D eigenvalue weighted by Gasteiger charge is -2.12. The molecule has 1 amide bonds. The second-order valence-corrected chi connectivity index (χ2v) is 4.41. The quantitative estimate of drug-likeness (QED) is 0.698. The average Bonchev–Trinajstić information content (AvgIpc) is 2.70. The molecule has 1 N–H and O–H groups in total. The highest BCUT2D eigenvalue weighted by atomic mass is 19.1. The van der Waals surface area contributed by atoms with Crippen LogP contribution in [0.4, 0.5) is 14.5 Å². The summed E-state index contributed by atoms with van der Waals surface area (Å²) in [5, 5.41) is 10.6. The van der Waals surface area contributed by atoms with Gasteiger partial charge in [-0.2, -0.15) is 4.39 Å². The SMILES string of the molecule is Cc1ccc(C)n1NC(=O)c1c(F)ccc([N+](=O)[O-])c1F. The molecule has 1 heterocycles. The standard InChI is InChI=1S/C13H11F2N3O3/c1-7-3-4-8(2)17(7)16-13(19)11-9(14)5-6-10(12(11)15)18(20)21/h3-6H,1-2H3,(H,16,19). The Morgan fingerprint density at radius 1 is 1.19 bits per heavy atom. The molecule has 110 valence electrons. The maximum absolute atomic E-state index is 13.9. The molecule has 0 aliphatic rings. The van der Waals surface area contributed by atoms with Crippen molar-refractivity contribution in [2.24, 2.45) is 0 Å². The minimum atomic E-state index is -1.50. The first-order valence-corrected chi connectivity index (χ1v) is 5.91. The summed E-state index contributed by atoms with van der Waals surface area (Å²) in [4.78, 5) is 21.6. The summed E-state index contributed by atoms with van der Waals surface area (Å²) < 4.78 is 28.9. The van der Waals surface area contributed by atoms with Gasteiger partial charge >= 0.3 is 5.69 Å². The molecule has 0 aliphatic heterocycles. The minimum absolute atomic E-state index is 0.645. The van der Waals surface area contributed by atoms with Crippen molar-refractivity contribution < 1.29 is 18.5 Å². The van der Waals surface area contributed by atoms with Gasteiger partial charge in [0.25, 0.3) is 5.91 Å². The number of nitro groups is 1. The van der Waals surface area contributed by atoms with E-state index in [-0.39, 0.29) is 0 Å². The zero-order chi connectivity index (χ0) is 15.7. The van der Waals surface area contributed by atoms with Gasteiger partial charge < -0.3 is 0 Å². The molecule has 0 atom stereocenters. The molecular formula is C13H11F2N3O3. The molecule has 0 aliphatic carbocycles. The van der Waals surface area contributed by atoms with E-state index >= 15 is 0 Å². The summed E-state index contributed by atoms with van der Waals surface area (Å²) in [6.07, 6.45) is 0. The van der Waals surface area contributed by atoms with Crippen molar-refractivity contribution in [1.29, 1.82) is 0 Å². The Hall–Kier alpha value is -2.77. The lowest BCUT2D eigenvalue weighted by Crippen LogP contribution is -2.26. The largest absolute Gasteiger partial charge is 0.305 e. The van der Waals surface area contributed by atoms with Crippen molar-refractivity contribution in [2.45, 2.75) is 13.8 Å². The number of carbonyl (C=O) groups excluding carboxylic acids is 1. The number of hydrogen-bond acceptors (Lipinski definition) is 3. The predicted molar refractivity (Wildman–Crippen MR) is 70.6 cm³/mol. The molecule has 0 unspecified atom stereocenters. The second-order valence-electron chi connectivity index (χ2n) is 4.41. The average molecular weight is 295 g/mol. The molecular weight excluding hydrogens is 284 g/mol. The van der Waals surface area contributed by atoms with Crippen LogP contribution in [-0.4, -0.2) is 15.5 Å². The van der Waals surface area contributed by atoms with Gasteiger partial charge in [0.05, 0.1) is 4.92 Å². The Balaban J connectivity index is 2.44. The van der Waals surface area contributed by atoms with Gasteiger partial charge in [-0.3, -0.25) is 25.0 Å². The van der Waals surface area contributed by atoms with Crippen molar-refractivity contribution in [2.75, 3.05) is 5.43 Å². The van der Waals surface area contributed by atoms with E-state index in [4.69, 9.17) is 0 Å². The molecule has 6 nitrogen and oxygen atoms in total. The van der Waals surface area contributed by atoms with Crippen LogP contribution in [0.1, 0.15) is 21.7 Å². The number of hydrogen-bond donors (Lipinski definition) is 1. The lowest BCUT2D eigenvalue weighted by atomic mass is 10.1. The predicted octanol–water partition coefficient (Wildman–Crippen LogP) is 2.68. The summed E-state index contributed by atoms with van der Waals surface area (Å²) in [5.74, 6) is -3.77. The Morgan fingerprint density at radius 3 is 2.29 bits per heavy atom. The molecule has 0 fully saturated rings. The number of aromatic nitrogens is 1. The molecule has 1 aromatic carbocycles. The third-order valence-corrected chi connectivity index (χ3v) is 2.98. The highest BCUT2D eigenvalue weighted by Crippen LogP contribution is 2.23. The van der Waals surface area contributed by atoms with E-state index in [2.05, 4.69) is 5.43 Å². The molecule has 0 saturated carbocycles. The minimum Gasteiger partial charge on any atom is -0.267 e. The van der Waals surface area contributed by atoms with Crippen molar-refractivity contribution >= 4 is 11.6 Å². The molecule has 0 bridgehead atoms. The molecule has 2 rings (SSSR count). The van der Waals surface area contributed by atoms with Crippen LogP contribution in [0, 0.1) is 35.6 Å². The topological polar surface area (TPSA) is 77.2 Å². The summed E-state index contributed by atoms with van der Waals surface area (Å²) in [5.41, 5.74) is 1.64. The number of nitro benzene ring substituents is 1. The van der Waals surface area contributed by atoms with E-state index in [1.54, 1.807) is 26.0 Å². The van der Waals surface area contributed by atoms with E-state index in [9.17, 15) is 23.7 Å². The molecule has 0 radical (unpaired) electrons. The second kappa shape index (κ2) is 5.31. The van der Waals surface area contributed by atoms with Crippen LogP contribution in [0.2, 0.25) is 0 Å². The zero-order valence-corrected chi connectivity index (χ0v) is 11.2. The molecule has 2 aromatic rings. The fourth-order valence-electron chi connectivity index (χ4n) is 1.89. The van der Waals surface area contributed by atoms with E-state index in [1.807, 2.05) is 0 Å². The first-order chi connectivity index (χ1) is 9.82. The van der Waals surface area contributed by atoms with E-state index in [0.29, 0.717) is 23.5 Å².